The van der Waals surface area contributed by atoms with Crippen LogP contribution in [0.3, 0.4) is 0 Å². The highest BCUT2D eigenvalue weighted by Gasteiger charge is 2.16. The van der Waals surface area contributed by atoms with Crippen LogP contribution in [-0.4, -0.2) is 26.0 Å². The molecule has 0 saturated carbocycles. The maximum absolute atomic E-state index is 9.70. The first-order valence-electron chi connectivity index (χ1n) is 6.06. The third-order valence-electron chi connectivity index (χ3n) is 3.35. The van der Waals surface area contributed by atoms with Crippen molar-refractivity contribution < 1.29 is 5.11 Å². The molecule has 0 atom stereocenters. The van der Waals surface area contributed by atoms with E-state index in [1.165, 1.54) is 24.3 Å². The lowest BCUT2D eigenvalue weighted by Crippen LogP contribution is -2.12. The van der Waals surface area contributed by atoms with Crippen LogP contribution in [0.15, 0.2) is 24.5 Å². The predicted octanol–water partition coefficient (Wildman–Crippen LogP) is 2.73. The van der Waals surface area contributed by atoms with Crippen molar-refractivity contribution in [1.29, 1.82) is 0 Å². The van der Waals surface area contributed by atoms with Gasteiger partial charge in [-0.05, 0) is 48.8 Å². The minimum Gasteiger partial charge on any atom is -0.504 e. The number of aromatic hydroxyl groups is 1. The van der Waals surface area contributed by atoms with Crippen molar-refractivity contribution >= 4 is 17.4 Å². The van der Waals surface area contributed by atoms with Crippen molar-refractivity contribution in [2.45, 2.75) is 19.3 Å². The summed E-state index contributed by atoms with van der Waals surface area (Å²) in [5.74, 6) is 3.59. The Morgan fingerprint density at radius 2 is 2.24 bits per heavy atom. The van der Waals surface area contributed by atoms with Crippen LogP contribution in [0.2, 0.25) is 0 Å². The van der Waals surface area contributed by atoms with Gasteiger partial charge in [-0.15, -0.1) is 0 Å². The van der Waals surface area contributed by atoms with Gasteiger partial charge in [-0.2, -0.15) is 11.8 Å². The van der Waals surface area contributed by atoms with Gasteiger partial charge in [0, 0.05) is 12.4 Å². The van der Waals surface area contributed by atoms with Crippen LogP contribution in [0.5, 0.6) is 5.75 Å². The van der Waals surface area contributed by atoms with Crippen LogP contribution in [0.1, 0.15) is 18.5 Å². The summed E-state index contributed by atoms with van der Waals surface area (Å²) in [5, 5.41) is 9.70. The highest BCUT2D eigenvalue weighted by molar-refractivity contribution is 7.99. The molecule has 2 aromatic rings. The zero-order valence-corrected chi connectivity index (χ0v) is 10.5. The lowest BCUT2D eigenvalue weighted by atomic mass is 9.97. The molecule has 4 heteroatoms. The Morgan fingerprint density at radius 3 is 3.00 bits per heavy atom. The number of rotatable bonds is 2. The van der Waals surface area contributed by atoms with E-state index in [4.69, 9.17) is 0 Å². The fourth-order valence-corrected chi connectivity index (χ4v) is 3.60. The van der Waals surface area contributed by atoms with Gasteiger partial charge < -0.3 is 9.51 Å². The molecular formula is C13H16N2OS. The first-order chi connectivity index (χ1) is 8.33. The van der Waals surface area contributed by atoms with Gasteiger partial charge >= 0.3 is 0 Å². The second kappa shape index (κ2) is 4.61. The molecule has 0 bridgehead atoms. The van der Waals surface area contributed by atoms with E-state index in [2.05, 4.69) is 16.7 Å². The van der Waals surface area contributed by atoms with E-state index in [1.54, 1.807) is 6.07 Å². The van der Waals surface area contributed by atoms with E-state index in [0.29, 0.717) is 5.65 Å². The van der Waals surface area contributed by atoms with Crippen LogP contribution in [0.4, 0.5) is 0 Å². The van der Waals surface area contributed by atoms with Gasteiger partial charge in [-0.25, -0.2) is 4.98 Å². The first-order valence-corrected chi connectivity index (χ1v) is 7.22. The SMILES string of the molecule is Oc1cccn2cc(CC3CCSCC3)nc12. The molecule has 1 aliphatic heterocycles. The van der Waals surface area contributed by atoms with E-state index in [-0.39, 0.29) is 5.75 Å². The summed E-state index contributed by atoms with van der Waals surface area (Å²) in [5.41, 5.74) is 1.77. The van der Waals surface area contributed by atoms with Crippen molar-refractivity contribution in [3.8, 4) is 5.75 Å². The average Bonchev–Trinajstić information content (AvgIpc) is 2.74. The molecule has 2 aromatic heterocycles. The summed E-state index contributed by atoms with van der Waals surface area (Å²) in [7, 11) is 0. The van der Waals surface area contributed by atoms with Crippen LogP contribution >= 0.6 is 11.8 Å². The Bertz CT molecular complexity index is 517. The second-order valence-electron chi connectivity index (χ2n) is 4.62. The van der Waals surface area contributed by atoms with Crippen LogP contribution < -0.4 is 0 Å². The Balaban J connectivity index is 1.83. The monoisotopic (exact) mass is 248 g/mol. The number of hydrogen-bond acceptors (Lipinski definition) is 3. The number of aromatic nitrogens is 2. The predicted molar refractivity (Wildman–Crippen MR) is 70.6 cm³/mol. The van der Waals surface area contributed by atoms with Gasteiger partial charge in [0.15, 0.2) is 11.4 Å². The van der Waals surface area contributed by atoms with Crippen LogP contribution in [-0.2, 0) is 6.42 Å². The van der Waals surface area contributed by atoms with Crippen molar-refractivity contribution in [2.75, 3.05) is 11.5 Å². The lowest BCUT2D eigenvalue weighted by Gasteiger charge is -2.19. The average molecular weight is 248 g/mol. The van der Waals surface area contributed by atoms with Crippen molar-refractivity contribution in [3.63, 3.8) is 0 Å². The molecule has 0 aromatic carbocycles. The highest BCUT2D eigenvalue weighted by Crippen LogP contribution is 2.26. The molecule has 3 nitrogen and oxygen atoms in total. The zero-order valence-electron chi connectivity index (χ0n) is 9.67. The van der Waals surface area contributed by atoms with Gasteiger partial charge in [0.1, 0.15) is 0 Å². The molecule has 0 radical (unpaired) electrons. The van der Waals surface area contributed by atoms with Gasteiger partial charge in [-0.1, -0.05) is 0 Å². The fraction of sp³-hybridized carbons (Fsp3) is 0.462. The molecule has 3 heterocycles. The first kappa shape index (κ1) is 11.0. The van der Waals surface area contributed by atoms with Crippen LogP contribution in [0.25, 0.3) is 5.65 Å². The zero-order chi connectivity index (χ0) is 11.7. The standard InChI is InChI=1S/C13H16N2OS/c16-12-2-1-5-15-9-11(14-13(12)15)8-10-3-6-17-7-4-10/h1-2,5,9-10,16H,3-4,6-8H2. The van der Waals surface area contributed by atoms with Crippen molar-refractivity contribution in [2.24, 2.45) is 5.92 Å². The van der Waals surface area contributed by atoms with Gasteiger partial charge in [0.2, 0.25) is 0 Å². The van der Waals surface area contributed by atoms with Crippen molar-refractivity contribution in [1.82, 2.24) is 9.38 Å². The van der Waals surface area contributed by atoms with E-state index in [0.717, 1.165) is 18.0 Å². The van der Waals surface area contributed by atoms with Gasteiger partial charge in [-0.3, -0.25) is 0 Å². The van der Waals surface area contributed by atoms with Gasteiger partial charge in [0.25, 0.3) is 0 Å². The molecule has 0 spiro atoms. The molecule has 0 unspecified atom stereocenters. The van der Waals surface area contributed by atoms with E-state index in [1.807, 2.05) is 22.9 Å². The molecule has 0 amide bonds. The minimum absolute atomic E-state index is 0.262. The highest BCUT2D eigenvalue weighted by atomic mass is 32.2. The number of fused-ring (bicyclic) bond motifs is 1. The molecule has 1 fully saturated rings. The third-order valence-corrected chi connectivity index (χ3v) is 4.40. The number of nitrogens with zero attached hydrogens (tertiary/aromatic N) is 2. The normalized spacial score (nSPS) is 17.6. The minimum atomic E-state index is 0.262. The smallest absolute Gasteiger partial charge is 0.179 e. The Hall–Kier alpha value is -1.16. The largest absolute Gasteiger partial charge is 0.504 e. The molecule has 1 saturated heterocycles. The van der Waals surface area contributed by atoms with E-state index < -0.39 is 0 Å². The van der Waals surface area contributed by atoms with Crippen molar-refractivity contribution in [3.05, 3.63) is 30.2 Å². The molecular weight excluding hydrogens is 232 g/mol. The summed E-state index contributed by atoms with van der Waals surface area (Å²) in [4.78, 5) is 4.51. The number of hydrogen-bond donors (Lipinski definition) is 1. The Morgan fingerprint density at radius 1 is 1.41 bits per heavy atom. The summed E-state index contributed by atoms with van der Waals surface area (Å²) in [6, 6.07) is 3.52. The summed E-state index contributed by atoms with van der Waals surface area (Å²) in [6.45, 7) is 0. The second-order valence-corrected chi connectivity index (χ2v) is 5.84. The number of pyridine rings is 1. The number of thioether (sulfide) groups is 1. The van der Waals surface area contributed by atoms with E-state index >= 15 is 0 Å². The summed E-state index contributed by atoms with van der Waals surface area (Å²) >= 11 is 2.05. The Kier molecular flexibility index (Phi) is 2.97. The van der Waals surface area contributed by atoms with Gasteiger partial charge in [0.05, 0.1) is 5.69 Å². The fourth-order valence-electron chi connectivity index (χ4n) is 2.39. The molecule has 3 rings (SSSR count). The number of imidazole rings is 1. The topological polar surface area (TPSA) is 37.5 Å². The molecule has 1 aliphatic rings. The molecule has 1 N–H and O–H groups in total. The maximum atomic E-state index is 9.70. The lowest BCUT2D eigenvalue weighted by molar-refractivity contribution is 0.476. The summed E-state index contributed by atoms with van der Waals surface area (Å²) in [6.07, 6.45) is 7.61. The quantitative estimate of drug-likeness (QED) is 0.888. The maximum Gasteiger partial charge on any atom is 0.179 e. The van der Waals surface area contributed by atoms with E-state index in [9.17, 15) is 5.11 Å². The molecule has 0 aliphatic carbocycles. The molecule has 17 heavy (non-hydrogen) atoms. The third kappa shape index (κ3) is 2.27. The Labute approximate surface area is 105 Å². The molecule has 90 valence electrons. The van der Waals surface area contributed by atoms with Crippen LogP contribution in [0, 0.1) is 5.92 Å². The summed E-state index contributed by atoms with van der Waals surface area (Å²) < 4.78 is 1.91.